The van der Waals surface area contributed by atoms with Crippen molar-refractivity contribution in [3.8, 4) is 0 Å². The van der Waals surface area contributed by atoms with Gasteiger partial charge in [-0.25, -0.2) is 4.39 Å². The number of carbonyl (C=O) groups is 1. The molecule has 2 aliphatic rings. The number of rotatable bonds is 5. The summed E-state index contributed by atoms with van der Waals surface area (Å²) in [7, 11) is 0. The average molecular weight is 418 g/mol. The second kappa shape index (κ2) is 8.60. The Balaban J connectivity index is 1.22. The van der Waals surface area contributed by atoms with Crippen LogP contribution in [0.1, 0.15) is 39.5 Å². The molecule has 0 unspecified atom stereocenters. The van der Waals surface area contributed by atoms with Gasteiger partial charge in [-0.3, -0.25) is 9.69 Å². The molecule has 0 spiro atoms. The fraction of sp³-hybridized carbons (Fsp3) is 0.609. The van der Waals surface area contributed by atoms with Crippen molar-refractivity contribution in [1.82, 2.24) is 9.80 Å². The van der Waals surface area contributed by atoms with Gasteiger partial charge >= 0.3 is 0 Å². The maximum atomic E-state index is 13.4. The number of nitrogens with zero attached hydrogens (tertiary/aromatic N) is 3. The Kier molecular flexibility index (Phi) is 6.11. The predicted octanol–water partition coefficient (Wildman–Crippen LogP) is 4.59. The number of piperazine rings is 1. The Bertz CT molecular complexity index is 857. The zero-order valence-electron chi connectivity index (χ0n) is 17.6. The lowest BCUT2D eigenvalue weighted by Crippen LogP contribution is -2.47. The van der Waals surface area contributed by atoms with Gasteiger partial charge in [-0.1, -0.05) is 13.8 Å². The molecule has 0 saturated carbocycles. The van der Waals surface area contributed by atoms with Crippen molar-refractivity contribution in [2.75, 3.05) is 50.7 Å². The molecule has 6 heteroatoms. The lowest BCUT2D eigenvalue weighted by Gasteiger charge is -2.38. The molecule has 158 valence electrons. The summed E-state index contributed by atoms with van der Waals surface area (Å²) in [5, 5.41) is 3.30. The van der Waals surface area contributed by atoms with Crippen LogP contribution < -0.4 is 4.90 Å². The highest BCUT2D eigenvalue weighted by molar-refractivity contribution is 7.17. The summed E-state index contributed by atoms with van der Waals surface area (Å²) in [6, 6.07) is 5.08. The summed E-state index contributed by atoms with van der Waals surface area (Å²) in [4.78, 5) is 19.5. The highest BCUT2D eigenvalue weighted by Crippen LogP contribution is 2.34. The van der Waals surface area contributed by atoms with Crippen LogP contribution in [0.25, 0.3) is 10.1 Å². The van der Waals surface area contributed by atoms with E-state index in [1.807, 2.05) is 6.07 Å². The molecular weight excluding hydrogens is 385 g/mol. The van der Waals surface area contributed by atoms with Crippen molar-refractivity contribution in [1.29, 1.82) is 0 Å². The summed E-state index contributed by atoms with van der Waals surface area (Å²) in [5.74, 6) is 0.159. The van der Waals surface area contributed by atoms with Gasteiger partial charge in [0.1, 0.15) is 5.82 Å². The third-order valence-corrected chi connectivity index (χ3v) is 7.28. The zero-order chi connectivity index (χ0) is 20.4. The number of carbonyl (C=O) groups excluding carboxylic acids is 1. The SMILES string of the molecule is CC1(C)CCCN(C(=O)CCCN2CCN(c3csc4cc(F)ccc34)CC2)C1. The largest absolute Gasteiger partial charge is 0.368 e. The van der Waals surface area contributed by atoms with Crippen molar-refractivity contribution < 1.29 is 9.18 Å². The lowest BCUT2D eigenvalue weighted by atomic mass is 9.84. The summed E-state index contributed by atoms with van der Waals surface area (Å²) in [6.45, 7) is 11.4. The minimum atomic E-state index is -0.168. The van der Waals surface area contributed by atoms with E-state index in [-0.39, 0.29) is 11.2 Å². The zero-order valence-corrected chi connectivity index (χ0v) is 18.4. The van der Waals surface area contributed by atoms with Crippen LogP contribution in [0.4, 0.5) is 10.1 Å². The van der Waals surface area contributed by atoms with Gasteiger partial charge in [0.15, 0.2) is 0 Å². The monoisotopic (exact) mass is 417 g/mol. The molecule has 1 aromatic carbocycles. The van der Waals surface area contributed by atoms with Gasteiger partial charge in [-0.2, -0.15) is 0 Å². The molecule has 4 nitrogen and oxygen atoms in total. The minimum absolute atomic E-state index is 0.168. The Morgan fingerprint density at radius 3 is 2.72 bits per heavy atom. The lowest BCUT2D eigenvalue weighted by molar-refractivity contribution is -0.134. The number of piperidine rings is 1. The topological polar surface area (TPSA) is 26.8 Å². The maximum Gasteiger partial charge on any atom is 0.222 e. The van der Waals surface area contributed by atoms with Crippen LogP contribution in [0.5, 0.6) is 0 Å². The molecule has 2 fully saturated rings. The molecule has 1 amide bonds. The molecule has 0 radical (unpaired) electrons. The third-order valence-electron chi connectivity index (χ3n) is 6.35. The van der Waals surface area contributed by atoms with Gasteiger partial charge in [-0.05, 0) is 49.4 Å². The number of hydrogen-bond acceptors (Lipinski definition) is 4. The van der Waals surface area contributed by atoms with E-state index in [0.717, 1.165) is 68.7 Å². The van der Waals surface area contributed by atoms with E-state index < -0.39 is 0 Å². The Morgan fingerprint density at radius 1 is 1.17 bits per heavy atom. The molecule has 3 heterocycles. The molecule has 2 aliphatic heterocycles. The summed E-state index contributed by atoms with van der Waals surface area (Å²) < 4.78 is 14.4. The van der Waals surface area contributed by atoms with E-state index in [9.17, 15) is 9.18 Å². The molecule has 0 N–H and O–H groups in total. The highest BCUT2D eigenvalue weighted by Gasteiger charge is 2.29. The van der Waals surface area contributed by atoms with E-state index in [1.165, 1.54) is 12.1 Å². The third kappa shape index (κ3) is 4.92. The quantitative estimate of drug-likeness (QED) is 0.712. The Labute approximate surface area is 177 Å². The van der Waals surface area contributed by atoms with Gasteiger partial charge in [-0.15, -0.1) is 11.3 Å². The van der Waals surface area contributed by atoms with Crippen LogP contribution in [-0.2, 0) is 4.79 Å². The van der Waals surface area contributed by atoms with Gasteiger partial charge in [0.2, 0.25) is 5.91 Å². The number of likely N-dealkylation sites (tertiary alicyclic amines) is 1. The molecule has 2 aromatic rings. The van der Waals surface area contributed by atoms with Crippen LogP contribution in [0.3, 0.4) is 0 Å². The van der Waals surface area contributed by atoms with E-state index in [0.29, 0.717) is 12.3 Å². The fourth-order valence-corrected chi connectivity index (χ4v) is 5.69. The predicted molar refractivity (Wildman–Crippen MR) is 119 cm³/mol. The maximum absolute atomic E-state index is 13.4. The number of amides is 1. The smallest absolute Gasteiger partial charge is 0.222 e. The first-order chi connectivity index (χ1) is 13.9. The van der Waals surface area contributed by atoms with Crippen molar-refractivity contribution >= 4 is 33.0 Å². The number of thiophene rings is 1. The van der Waals surface area contributed by atoms with E-state index >= 15 is 0 Å². The fourth-order valence-electron chi connectivity index (χ4n) is 4.69. The molecule has 1 aromatic heterocycles. The van der Waals surface area contributed by atoms with Crippen LogP contribution in [0, 0.1) is 11.2 Å². The van der Waals surface area contributed by atoms with Gasteiger partial charge in [0.05, 0.1) is 5.69 Å². The second-order valence-electron chi connectivity index (χ2n) is 9.28. The minimum Gasteiger partial charge on any atom is -0.368 e. The number of fused-ring (bicyclic) bond motifs is 1. The molecular formula is C23H32FN3OS. The van der Waals surface area contributed by atoms with Gasteiger partial charge < -0.3 is 9.80 Å². The average Bonchev–Trinajstić information content (AvgIpc) is 3.10. The highest BCUT2D eigenvalue weighted by atomic mass is 32.1. The molecule has 4 rings (SSSR count). The number of anilines is 1. The van der Waals surface area contributed by atoms with Crippen LogP contribution in [0.2, 0.25) is 0 Å². The van der Waals surface area contributed by atoms with Gasteiger partial charge in [0.25, 0.3) is 0 Å². The first-order valence-corrected chi connectivity index (χ1v) is 11.7. The van der Waals surface area contributed by atoms with Crippen molar-refractivity contribution in [2.45, 2.75) is 39.5 Å². The standard InChI is InChI=1S/C23H32FN3OS/c1-23(2)8-4-10-27(17-23)22(28)5-3-9-25-11-13-26(14-12-25)20-16-29-21-15-18(24)6-7-19(20)21/h6-7,15-16H,3-5,8-14,17H2,1-2H3. The number of hydrogen-bond donors (Lipinski definition) is 0. The van der Waals surface area contributed by atoms with Crippen LogP contribution in [-0.4, -0.2) is 61.5 Å². The number of halogens is 1. The van der Waals surface area contributed by atoms with Crippen molar-refractivity contribution in [3.63, 3.8) is 0 Å². The van der Waals surface area contributed by atoms with E-state index in [2.05, 4.69) is 33.9 Å². The van der Waals surface area contributed by atoms with Crippen molar-refractivity contribution in [3.05, 3.63) is 29.4 Å². The molecule has 0 bridgehead atoms. The first-order valence-electron chi connectivity index (χ1n) is 10.8. The first kappa shape index (κ1) is 20.6. The molecule has 0 aliphatic carbocycles. The molecule has 0 atom stereocenters. The second-order valence-corrected chi connectivity index (χ2v) is 10.2. The van der Waals surface area contributed by atoms with Crippen LogP contribution in [0.15, 0.2) is 23.6 Å². The van der Waals surface area contributed by atoms with E-state index in [1.54, 1.807) is 23.5 Å². The normalized spacial score (nSPS) is 20.4. The van der Waals surface area contributed by atoms with Crippen LogP contribution >= 0.6 is 11.3 Å². The van der Waals surface area contributed by atoms with Gasteiger partial charge in [0, 0.05) is 61.2 Å². The Hall–Kier alpha value is -1.66. The number of benzene rings is 1. The Morgan fingerprint density at radius 2 is 1.97 bits per heavy atom. The summed E-state index contributed by atoms with van der Waals surface area (Å²) in [5.41, 5.74) is 1.49. The van der Waals surface area contributed by atoms with Crippen molar-refractivity contribution in [2.24, 2.45) is 5.41 Å². The van der Waals surface area contributed by atoms with E-state index in [4.69, 9.17) is 0 Å². The molecule has 29 heavy (non-hydrogen) atoms. The molecule has 2 saturated heterocycles. The summed E-state index contributed by atoms with van der Waals surface area (Å²) >= 11 is 1.62. The summed E-state index contributed by atoms with van der Waals surface area (Å²) in [6.07, 6.45) is 3.95.